The highest BCUT2D eigenvalue weighted by atomic mass is 35.5. The van der Waals surface area contributed by atoms with E-state index in [9.17, 15) is 14.7 Å². The first-order chi connectivity index (χ1) is 8.04. The maximum Gasteiger partial charge on any atom is 0.336 e. The molecule has 0 saturated heterocycles. The number of rotatable bonds is 4. The molecule has 1 aromatic rings. The van der Waals surface area contributed by atoms with Gasteiger partial charge < -0.3 is 15.2 Å². The Morgan fingerprint density at radius 2 is 2.24 bits per heavy atom. The number of halogens is 1. The van der Waals surface area contributed by atoms with E-state index in [4.69, 9.17) is 11.6 Å². The Hall–Kier alpha value is -1.73. The molecule has 0 aliphatic heterocycles. The number of esters is 1. The Bertz CT molecular complexity index is 409. The Balaban J connectivity index is 2.50. The van der Waals surface area contributed by atoms with E-state index in [1.807, 2.05) is 0 Å². The zero-order valence-electron chi connectivity index (χ0n) is 8.88. The molecule has 7 nitrogen and oxygen atoms in total. The molecular weight excluding hydrogens is 250 g/mol. The van der Waals surface area contributed by atoms with Crippen molar-refractivity contribution in [3.05, 3.63) is 23.2 Å². The van der Waals surface area contributed by atoms with Crippen molar-refractivity contribution in [2.75, 3.05) is 13.7 Å². The number of aliphatic hydroxyl groups is 1. The molecule has 92 valence electrons. The van der Waals surface area contributed by atoms with Crippen molar-refractivity contribution in [2.24, 2.45) is 0 Å². The van der Waals surface area contributed by atoms with E-state index in [1.165, 1.54) is 12.4 Å². The fourth-order valence-corrected chi connectivity index (χ4v) is 1.03. The minimum Gasteiger partial charge on any atom is -0.467 e. The molecule has 0 bridgehead atoms. The molecule has 1 amide bonds. The van der Waals surface area contributed by atoms with Gasteiger partial charge in [-0.3, -0.25) is 4.79 Å². The van der Waals surface area contributed by atoms with Gasteiger partial charge in [0.25, 0.3) is 5.91 Å². The van der Waals surface area contributed by atoms with Crippen molar-refractivity contribution in [3.63, 3.8) is 0 Å². The van der Waals surface area contributed by atoms with Crippen LogP contribution in [0.4, 0.5) is 0 Å². The number of carbonyl (C=O) groups excluding carboxylic acids is 2. The highest BCUT2D eigenvalue weighted by Gasteiger charge is 2.17. The van der Waals surface area contributed by atoms with E-state index < -0.39 is 18.0 Å². The van der Waals surface area contributed by atoms with Crippen LogP contribution in [-0.2, 0) is 9.53 Å². The maximum absolute atomic E-state index is 11.5. The third-order valence-electron chi connectivity index (χ3n) is 1.78. The maximum atomic E-state index is 11.5. The number of amides is 1. The number of nitrogens with one attached hydrogen (secondary N) is 1. The molecule has 0 spiro atoms. The molecule has 0 fully saturated rings. The van der Waals surface area contributed by atoms with Crippen molar-refractivity contribution in [1.82, 2.24) is 15.3 Å². The fraction of sp³-hybridized carbons (Fsp3) is 0.333. The van der Waals surface area contributed by atoms with Crippen LogP contribution in [0.1, 0.15) is 10.5 Å². The van der Waals surface area contributed by atoms with Crippen LogP contribution in [0.5, 0.6) is 0 Å². The second-order valence-electron chi connectivity index (χ2n) is 2.97. The van der Waals surface area contributed by atoms with E-state index in [1.54, 1.807) is 0 Å². The van der Waals surface area contributed by atoms with E-state index in [2.05, 4.69) is 20.0 Å². The third-order valence-corrected chi connectivity index (χ3v) is 1.98. The lowest BCUT2D eigenvalue weighted by molar-refractivity contribution is -0.149. The number of carbonyl (C=O) groups is 2. The Kier molecular flexibility index (Phi) is 4.80. The van der Waals surface area contributed by atoms with Gasteiger partial charge in [-0.2, -0.15) is 0 Å². The molecule has 1 rings (SSSR count). The lowest BCUT2D eigenvalue weighted by Crippen LogP contribution is -2.37. The first-order valence-electron chi connectivity index (χ1n) is 4.56. The summed E-state index contributed by atoms with van der Waals surface area (Å²) in [5.41, 5.74) is 0.0338. The molecule has 1 aromatic heterocycles. The van der Waals surface area contributed by atoms with Crippen LogP contribution < -0.4 is 5.32 Å². The monoisotopic (exact) mass is 259 g/mol. The molecule has 2 N–H and O–H groups in total. The van der Waals surface area contributed by atoms with E-state index >= 15 is 0 Å². The molecule has 0 aromatic carbocycles. The second-order valence-corrected chi connectivity index (χ2v) is 3.36. The highest BCUT2D eigenvalue weighted by Crippen LogP contribution is 2.01. The van der Waals surface area contributed by atoms with Gasteiger partial charge in [-0.15, -0.1) is 0 Å². The molecular formula is C9H10ClN3O4. The van der Waals surface area contributed by atoms with Gasteiger partial charge in [-0.05, 0) is 0 Å². The SMILES string of the molecule is COC(=O)C(O)CNC(=O)c1cnc(Cl)cn1. The topological polar surface area (TPSA) is 101 Å². The van der Waals surface area contributed by atoms with Crippen LogP contribution in [0.15, 0.2) is 12.4 Å². The van der Waals surface area contributed by atoms with E-state index in [0.717, 1.165) is 7.11 Å². The smallest absolute Gasteiger partial charge is 0.336 e. The minimum atomic E-state index is -1.41. The fourth-order valence-electron chi connectivity index (χ4n) is 0.929. The quantitative estimate of drug-likeness (QED) is 0.700. The van der Waals surface area contributed by atoms with Crippen LogP contribution >= 0.6 is 11.6 Å². The number of ether oxygens (including phenoxy) is 1. The average molecular weight is 260 g/mol. The summed E-state index contributed by atoms with van der Waals surface area (Å²) in [4.78, 5) is 29.7. The molecule has 0 radical (unpaired) electrons. The van der Waals surface area contributed by atoms with Crippen LogP contribution in [0.2, 0.25) is 5.15 Å². The van der Waals surface area contributed by atoms with Gasteiger partial charge in [0.2, 0.25) is 0 Å². The lowest BCUT2D eigenvalue weighted by Gasteiger charge is -2.09. The average Bonchev–Trinajstić information content (AvgIpc) is 2.35. The molecule has 0 saturated carbocycles. The first-order valence-corrected chi connectivity index (χ1v) is 4.94. The predicted octanol–water partition coefficient (Wildman–Crippen LogP) is -0.606. The summed E-state index contributed by atoms with van der Waals surface area (Å²) in [6, 6.07) is 0. The Morgan fingerprint density at radius 3 is 2.76 bits per heavy atom. The van der Waals surface area contributed by atoms with Crippen LogP contribution in [0.25, 0.3) is 0 Å². The zero-order chi connectivity index (χ0) is 12.8. The van der Waals surface area contributed by atoms with E-state index in [-0.39, 0.29) is 17.4 Å². The van der Waals surface area contributed by atoms with Gasteiger partial charge in [0.1, 0.15) is 10.8 Å². The van der Waals surface area contributed by atoms with Crippen molar-refractivity contribution in [1.29, 1.82) is 0 Å². The number of hydrogen-bond donors (Lipinski definition) is 2. The standard InChI is InChI=1S/C9H10ClN3O4/c1-17-9(16)6(14)3-13-8(15)5-2-12-7(10)4-11-5/h2,4,6,14H,3H2,1H3,(H,13,15). The van der Waals surface area contributed by atoms with Crippen LogP contribution in [0, 0.1) is 0 Å². The molecule has 1 heterocycles. The summed E-state index contributed by atoms with van der Waals surface area (Å²) in [5.74, 6) is -1.40. The normalized spacial score (nSPS) is 11.7. The molecule has 8 heteroatoms. The molecule has 17 heavy (non-hydrogen) atoms. The van der Waals surface area contributed by atoms with Gasteiger partial charge in [0.05, 0.1) is 26.0 Å². The van der Waals surface area contributed by atoms with Crippen LogP contribution in [0.3, 0.4) is 0 Å². The van der Waals surface area contributed by atoms with Gasteiger partial charge in [-0.1, -0.05) is 11.6 Å². The molecule has 0 aliphatic carbocycles. The number of aromatic nitrogens is 2. The number of aliphatic hydroxyl groups excluding tert-OH is 1. The second kappa shape index (κ2) is 6.12. The van der Waals surface area contributed by atoms with Crippen molar-refractivity contribution < 1.29 is 19.4 Å². The number of nitrogens with zero attached hydrogens (tertiary/aromatic N) is 2. The molecule has 0 aliphatic rings. The summed E-state index contributed by atoms with van der Waals surface area (Å²) >= 11 is 5.50. The summed E-state index contributed by atoms with van der Waals surface area (Å²) in [6.45, 7) is -0.268. The summed E-state index contributed by atoms with van der Waals surface area (Å²) in [5, 5.41) is 11.7. The van der Waals surface area contributed by atoms with Gasteiger partial charge >= 0.3 is 5.97 Å². The highest BCUT2D eigenvalue weighted by molar-refractivity contribution is 6.29. The lowest BCUT2D eigenvalue weighted by atomic mass is 10.3. The van der Waals surface area contributed by atoms with Gasteiger partial charge in [0.15, 0.2) is 6.10 Å². The Morgan fingerprint density at radius 1 is 1.53 bits per heavy atom. The molecule has 1 unspecified atom stereocenters. The minimum absolute atomic E-state index is 0.0338. The summed E-state index contributed by atoms with van der Waals surface area (Å²) in [6.07, 6.45) is 0.985. The zero-order valence-corrected chi connectivity index (χ0v) is 9.64. The number of hydrogen-bond acceptors (Lipinski definition) is 6. The molecule has 1 atom stereocenters. The predicted molar refractivity (Wildman–Crippen MR) is 57.4 cm³/mol. The number of methoxy groups -OCH3 is 1. The summed E-state index contributed by atoms with van der Waals surface area (Å²) < 4.78 is 4.28. The van der Waals surface area contributed by atoms with E-state index in [0.29, 0.717) is 0 Å². The summed E-state index contributed by atoms with van der Waals surface area (Å²) in [7, 11) is 1.14. The first kappa shape index (κ1) is 13.3. The third kappa shape index (κ3) is 3.97. The van der Waals surface area contributed by atoms with Gasteiger partial charge in [-0.25, -0.2) is 14.8 Å². The van der Waals surface area contributed by atoms with Gasteiger partial charge in [0, 0.05) is 0 Å². The van der Waals surface area contributed by atoms with Crippen molar-refractivity contribution >= 4 is 23.5 Å². The van der Waals surface area contributed by atoms with Crippen molar-refractivity contribution in [2.45, 2.75) is 6.10 Å². The largest absolute Gasteiger partial charge is 0.467 e. The Labute approximate surface area is 102 Å². The van der Waals surface area contributed by atoms with Crippen LogP contribution in [-0.4, -0.2) is 46.7 Å². The van der Waals surface area contributed by atoms with Crippen molar-refractivity contribution in [3.8, 4) is 0 Å².